The Morgan fingerprint density at radius 1 is 1.10 bits per heavy atom. The van der Waals surface area contributed by atoms with Gasteiger partial charge in [-0.05, 0) is 23.8 Å². The molecule has 0 aliphatic rings. The lowest BCUT2D eigenvalue weighted by Crippen LogP contribution is -2.28. The zero-order valence-electron chi connectivity index (χ0n) is 11.7. The maximum atomic E-state index is 6.08. The van der Waals surface area contributed by atoms with Crippen molar-refractivity contribution in [1.29, 1.82) is 0 Å². The van der Waals surface area contributed by atoms with Gasteiger partial charge in [-0.15, -0.1) is 0 Å². The fourth-order valence-electron chi connectivity index (χ4n) is 1.72. The molecule has 0 fully saturated rings. The van der Waals surface area contributed by atoms with E-state index in [1.807, 2.05) is 37.3 Å². The first-order chi connectivity index (χ1) is 10.2. The molecule has 0 aliphatic carbocycles. The van der Waals surface area contributed by atoms with Crippen molar-refractivity contribution in [2.24, 2.45) is 0 Å². The lowest BCUT2D eigenvalue weighted by molar-refractivity contribution is -0.133. The highest BCUT2D eigenvalue weighted by atomic mass is 35.5. The van der Waals surface area contributed by atoms with Gasteiger partial charge in [0.05, 0.1) is 5.02 Å². The zero-order valence-corrected chi connectivity index (χ0v) is 13.2. The van der Waals surface area contributed by atoms with Crippen LogP contribution in [0.25, 0.3) is 0 Å². The molecule has 5 heteroatoms. The predicted molar refractivity (Wildman–Crippen MR) is 85.5 cm³/mol. The van der Waals surface area contributed by atoms with E-state index in [0.717, 1.165) is 5.56 Å². The monoisotopic (exact) mass is 325 g/mol. The summed E-state index contributed by atoms with van der Waals surface area (Å²) in [7, 11) is 0. The van der Waals surface area contributed by atoms with Gasteiger partial charge in [0.2, 0.25) is 6.29 Å². The summed E-state index contributed by atoms with van der Waals surface area (Å²) in [6, 6.07) is 15.1. The highest BCUT2D eigenvalue weighted by Gasteiger charge is 2.11. The summed E-state index contributed by atoms with van der Waals surface area (Å²) in [5.74, 6) is 0.550. The number of halogens is 2. The smallest absolute Gasteiger partial charge is 0.217 e. The first kappa shape index (κ1) is 16.1. The van der Waals surface area contributed by atoms with Crippen LogP contribution in [0, 0.1) is 0 Å². The van der Waals surface area contributed by atoms with Crippen LogP contribution in [0.3, 0.4) is 0 Å². The van der Waals surface area contributed by atoms with E-state index in [4.69, 9.17) is 32.8 Å². The van der Waals surface area contributed by atoms with Crippen LogP contribution >= 0.6 is 23.2 Å². The van der Waals surface area contributed by atoms with Gasteiger partial charge in [-0.2, -0.15) is 5.48 Å². The second-order valence-corrected chi connectivity index (χ2v) is 5.30. The number of nitrogens with one attached hydrogen (secondary N) is 1. The summed E-state index contributed by atoms with van der Waals surface area (Å²) < 4.78 is 5.71. The Bertz CT molecular complexity index is 563. The summed E-state index contributed by atoms with van der Waals surface area (Å²) in [6.45, 7) is 2.58. The predicted octanol–water partition coefficient (Wildman–Crippen LogP) is 4.83. The molecule has 3 nitrogen and oxygen atoms in total. The summed E-state index contributed by atoms with van der Waals surface area (Å²) in [5.41, 5.74) is 4.05. The molecule has 0 saturated carbocycles. The SMILES string of the molecule is CCC(ONCc1ccccc1)Oc1ccc(Cl)cc1Cl. The van der Waals surface area contributed by atoms with Crippen LogP contribution in [0.1, 0.15) is 18.9 Å². The van der Waals surface area contributed by atoms with E-state index < -0.39 is 6.29 Å². The zero-order chi connectivity index (χ0) is 15.1. The molecule has 0 amide bonds. The molecule has 1 atom stereocenters. The summed E-state index contributed by atoms with van der Waals surface area (Å²) in [5, 5.41) is 1.04. The van der Waals surface area contributed by atoms with Crippen LogP contribution in [-0.4, -0.2) is 6.29 Å². The third-order valence-electron chi connectivity index (χ3n) is 2.82. The third kappa shape index (κ3) is 5.21. The number of hydrogen-bond acceptors (Lipinski definition) is 3. The molecule has 2 aromatic carbocycles. The Labute approximate surface area is 134 Å². The van der Waals surface area contributed by atoms with E-state index in [0.29, 0.717) is 28.8 Å². The number of hydroxylamine groups is 1. The topological polar surface area (TPSA) is 30.5 Å². The first-order valence-corrected chi connectivity index (χ1v) is 7.48. The van der Waals surface area contributed by atoms with Crippen molar-refractivity contribution in [2.75, 3.05) is 0 Å². The molecule has 0 heterocycles. The van der Waals surface area contributed by atoms with Crippen molar-refractivity contribution in [3.05, 3.63) is 64.1 Å². The van der Waals surface area contributed by atoms with Crippen LogP contribution in [-0.2, 0) is 11.4 Å². The van der Waals surface area contributed by atoms with E-state index in [-0.39, 0.29) is 0 Å². The number of rotatable bonds is 7. The molecular formula is C16H17Cl2NO2. The molecular weight excluding hydrogens is 309 g/mol. The summed E-state index contributed by atoms with van der Waals surface area (Å²) >= 11 is 11.9. The number of benzene rings is 2. The Balaban J connectivity index is 1.85. The lowest BCUT2D eigenvalue weighted by Gasteiger charge is -2.19. The molecule has 0 bridgehead atoms. The maximum Gasteiger partial charge on any atom is 0.217 e. The molecule has 2 rings (SSSR count). The van der Waals surface area contributed by atoms with Gasteiger partial charge in [-0.3, -0.25) is 4.84 Å². The number of ether oxygens (including phenoxy) is 1. The van der Waals surface area contributed by atoms with Crippen LogP contribution < -0.4 is 10.2 Å². The average molecular weight is 326 g/mol. The van der Waals surface area contributed by atoms with E-state index in [1.54, 1.807) is 18.2 Å². The van der Waals surface area contributed by atoms with Gasteiger partial charge in [-0.1, -0.05) is 60.5 Å². The third-order valence-corrected chi connectivity index (χ3v) is 3.35. The lowest BCUT2D eigenvalue weighted by atomic mass is 10.2. The molecule has 0 aromatic heterocycles. The van der Waals surface area contributed by atoms with Gasteiger partial charge < -0.3 is 4.74 Å². The highest BCUT2D eigenvalue weighted by Crippen LogP contribution is 2.28. The van der Waals surface area contributed by atoms with Crippen molar-refractivity contribution < 1.29 is 9.57 Å². The average Bonchev–Trinajstić information content (AvgIpc) is 2.49. The number of hydrogen-bond donors (Lipinski definition) is 1. The molecule has 0 radical (unpaired) electrons. The van der Waals surface area contributed by atoms with E-state index in [2.05, 4.69) is 5.48 Å². The molecule has 1 N–H and O–H groups in total. The maximum absolute atomic E-state index is 6.08. The Morgan fingerprint density at radius 2 is 1.86 bits per heavy atom. The van der Waals surface area contributed by atoms with Crippen molar-refractivity contribution in [3.63, 3.8) is 0 Å². The van der Waals surface area contributed by atoms with Crippen molar-refractivity contribution in [1.82, 2.24) is 5.48 Å². The molecule has 0 spiro atoms. The molecule has 2 aromatic rings. The van der Waals surface area contributed by atoms with Crippen LogP contribution in [0.2, 0.25) is 10.0 Å². The van der Waals surface area contributed by atoms with Crippen molar-refractivity contribution >= 4 is 23.2 Å². The Kier molecular flexibility index (Phi) is 6.33. The fraction of sp³-hybridized carbons (Fsp3) is 0.250. The molecule has 0 aliphatic heterocycles. The summed E-state index contributed by atoms with van der Waals surface area (Å²) in [6.07, 6.45) is 0.258. The fourth-order valence-corrected chi connectivity index (χ4v) is 2.17. The van der Waals surface area contributed by atoms with E-state index in [1.165, 1.54) is 0 Å². The molecule has 0 saturated heterocycles. The van der Waals surface area contributed by atoms with Crippen LogP contribution in [0.5, 0.6) is 5.75 Å². The van der Waals surface area contributed by atoms with Gasteiger partial charge in [0.1, 0.15) is 5.75 Å². The summed E-state index contributed by atoms with van der Waals surface area (Å²) in [4.78, 5) is 5.52. The van der Waals surface area contributed by atoms with Crippen molar-refractivity contribution in [2.45, 2.75) is 26.2 Å². The van der Waals surface area contributed by atoms with Crippen LogP contribution in [0.15, 0.2) is 48.5 Å². The van der Waals surface area contributed by atoms with Gasteiger partial charge in [-0.25, -0.2) is 0 Å². The first-order valence-electron chi connectivity index (χ1n) is 6.73. The minimum absolute atomic E-state index is 0.424. The second-order valence-electron chi connectivity index (χ2n) is 4.45. The van der Waals surface area contributed by atoms with Gasteiger partial charge >= 0.3 is 0 Å². The molecule has 21 heavy (non-hydrogen) atoms. The van der Waals surface area contributed by atoms with Gasteiger partial charge in [0.15, 0.2) is 0 Å². The Morgan fingerprint density at radius 3 is 2.52 bits per heavy atom. The quantitative estimate of drug-likeness (QED) is 0.584. The molecule has 1 unspecified atom stereocenters. The standard InChI is InChI=1S/C16H17Cl2NO2/c1-2-16(20-15-9-8-13(17)10-14(15)18)21-19-11-12-6-4-3-5-7-12/h3-10,16,19H,2,11H2,1H3. The van der Waals surface area contributed by atoms with Crippen LogP contribution in [0.4, 0.5) is 0 Å². The van der Waals surface area contributed by atoms with Crippen molar-refractivity contribution in [3.8, 4) is 5.75 Å². The normalized spacial score (nSPS) is 12.1. The molecule has 112 valence electrons. The minimum Gasteiger partial charge on any atom is -0.462 e. The van der Waals surface area contributed by atoms with E-state index in [9.17, 15) is 0 Å². The minimum atomic E-state index is -0.424. The van der Waals surface area contributed by atoms with Gasteiger partial charge in [0.25, 0.3) is 0 Å². The second kappa shape index (κ2) is 8.25. The Hall–Kier alpha value is -1.26. The highest BCUT2D eigenvalue weighted by molar-refractivity contribution is 6.35. The van der Waals surface area contributed by atoms with Gasteiger partial charge in [0, 0.05) is 18.0 Å². The largest absolute Gasteiger partial charge is 0.462 e. The van der Waals surface area contributed by atoms with E-state index >= 15 is 0 Å².